The van der Waals surface area contributed by atoms with Gasteiger partial charge in [-0.05, 0) is 23.8 Å². The van der Waals surface area contributed by atoms with E-state index in [1.807, 2.05) is 0 Å². The third-order valence-corrected chi connectivity index (χ3v) is 5.22. The number of amides is 1. The third kappa shape index (κ3) is 3.80. The molecule has 1 heterocycles. The molecule has 2 aromatic carbocycles. The number of aromatic amines is 1. The number of hydrogen-bond acceptors (Lipinski definition) is 5. The first-order valence-electron chi connectivity index (χ1n) is 7.19. The Morgan fingerprint density at radius 3 is 2.69 bits per heavy atom. The maximum absolute atomic E-state index is 12.3. The minimum Gasteiger partial charge on any atom is -0.329 e. The highest BCUT2D eigenvalue weighted by molar-refractivity contribution is 8.14. The number of carbonyl (C=O) groups excluding carboxylic acids is 1. The van der Waals surface area contributed by atoms with Crippen LogP contribution < -0.4 is 5.32 Å². The number of fused-ring (bicyclic) bond motifs is 1. The highest BCUT2D eigenvalue weighted by atomic mass is 35.7. The molecule has 0 fully saturated rings. The van der Waals surface area contributed by atoms with Crippen molar-refractivity contribution in [3.8, 4) is 6.07 Å². The number of benzene rings is 2. The van der Waals surface area contributed by atoms with Crippen LogP contribution in [0.3, 0.4) is 0 Å². The van der Waals surface area contributed by atoms with Crippen LogP contribution in [0.25, 0.3) is 11.0 Å². The van der Waals surface area contributed by atoms with E-state index in [0.29, 0.717) is 10.6 Å². The summed E-state index contributed by atoms with van der Waals surface area (Å²) in [6.45, 7) is 0. The van der Waals surface area contributed by atoms with E-state index in [4.69, 9.17) is 27.5 Å². The van der Waals surface area contributed by atoms with Crippen molar-refractivity contribution in [2.75, 3.05) is 5.32 Å². The van der Waals surface area contributed by atoms with Gasteiger partial charge >= 0.3 is 0 Å². The summed E-state index contributed by atoms with van der Waals surface area (Å²) in [5, 5.41) is 12.0. The molecular formula is C16H10Cl2N4O3S. The van der Waals surface area contributed by atoms with Crippen molar-refractivity contribution in [2.45, 2.75) is 11.3 Å². The number of halogens is 2. The van der Waals surface area contributed by atoms with Gasteiger partial charge < -0.3 is 10.3 Å². The molecule has 3 aromatic rings. The van der Waals surface area contributed by atoms with Gasteiger partial charge in [-0.2, -0.15) is 5.26 Å². The normalized spacial score (nSPS) is 11.3. The molecule has 0 aliphatic rings. The van der Waals surface area contributed by atoms with Crippen molar-refractivity contribution in [3.05, 3.63) is 52.8 Å². The summed E-state index contributed by atoms with van der Waals surface area (Å²) >= 11 is 6.03. The molecule has 3 rings (SSSR count). The highest BCUT2D eigenvalue weighted by Gasteiger charge is 2.20. The molecule has 2 N–H and O–H groups in total. The predicted molar refractivity (Wildman–Crippen MR) is 97.6 cm³/mol. The summed E-state index contributed by atoms with van der Waals surface area (Å²) in [6.07, 6.45) is 0.00703. The lowest BCUT2D eigenvalue weighted by Gasteiger charge is -2.08. The van der Waals surface area contributed by atoms with Crippen molar-refractivity contribution in [3.63, 3.8) is 0 Å². The molecule has 0 radical (unpaired) electrons. The molecule has 0 aliphatic carbocycles. The van der Waals surface area contributed by atoms with E-state index in [-0.39, 0.29) is 33.9 Å². The van der Waals surface area contributed by atoms with Gasteiger partial charge in [0.25, 0.3) is 9.05 Å². The standard InChI is InChI=1S/C16H10Cl2N4O3S/c17-11-4-2-1-3-9(11)5-15(23)20-10-6-12-16(22-14(8-19)21-12)13(7-10)26(18,24)25/h1-4,6-7H,5H2,(H,20,23)(H,21,22). The van der Waals surface area contributed by atoms with Gasteiger partial charge in [-0.1, -0.05) is 29.8 Å². The minimum atomic E-state index is -4.14. The molecule has 1 aromatic heterocycles. The topological polar surface area (TPSA) is 116 Å². The summed E-state index contributed by atoms with van der Waals surface area (Å²) in [5.41, 5.74) is 1.12. The van der Waals surface area contributed by atoms with Crippen LogP contribution in [-0.4, -0.2) is 24.3 Å². The fourth-order valence-electron chi connectivity index (χ4n) is 2.42. The van der Waals surface area contributed by atoms with Crippen LogP contribution in [0.4, 0.5) is 5.69 Å². The second-order valence-electron chi connectivity index (χ2n) is 5.32. The molecule has 132 valence electrons. The van der Waals surface area contributed by atoms with Gasteiger partial charge in [0.2, 0.25) is 11.7 Å². The monoisotopic (exact) mass is 408 g/mol. The van der Waals surface area contributed by atoms with Gasteiger partial charge in [-0.25, -0.2) is 13.4 Å². The van der Waals surface area contributed by atoms with Crippen LogP contribution in [0.15, 0.2) is 41.3 Å². The molecule has 0 saturated heterocycles. The lowest BCUT2D eigenvalue weighted by Crippen LogP contribution is -2.15. The summed E-state index contributed by atoms with van der Waals surface area (Å²) in [5.74, 6) is -0.462. The van der Waals surface area contributed by atoms with Crippen molar-refractivity contribution in [1.29, 1.82) is 5.26 Å². The van der Waals surface area contributed by atoms with Gasteiger partial charge in [0.15, 0.2) is 0 Å². The summed E-state index contributed by atoms with van der Waals surface area (Å²) in [6, 6.07) is 11.3. The van der Waals surface area contributed by atoms with Crippen LogP contribution in [0.1, 0.15) is 11.4 Å². The van der Waals surface area contributed by atoms with Gasteiger partial charge in [0, 0.05) is 21.4 Å². The predicted octanol–water partition coefficient (Wildman–Crippen LogP) is 3.20. The van der Waals surface area contributed by atoms with Crippen LogP contribution >= 0.6 is 22.3 Å². The van der Waals surface area contributed by atoms with Crippen molar-refractivity contribution in [1.82, 2.24) is 9.97 Å². The zero-order valence-electron chi connectivity index (χ0n) is 13.0. The Hall–Kier alpha value is -2.60. The quantitative estimate of drug-likeness (QED) is 0.642. The number of nitriles is 1. The first-order chi connectivity index (χ1) is 12.3. The smallest absolute Gasteiger partial charge is 0.263 e. The van der Waals surface area contributed by atoms with Crippen LogP contribution in [0.5, 0.6) is 0 Å². The minimum absolute atomic E-state index is 0.00703. The molecular weight excluding hydrogens is 399 g/mol. The van der Waals surface area contributed by atoms with Crippen molar-refractivity contribution < 1.29 is 13.2 Å². The van der Waals surface area contributed by atoms with Gasteiger partial charge in [-0.15, -0.1) is 0 Å². The lowest BCUT2D eigenvalue weighted by molar-refractivity contribution is -0.115. The zero-order valence-corrected chi connectivity index (χ0v) is 15.3. The Morgan fingerprint density at radius 2 is 2.04 bits per heavy atom. The maximum Gasteiger partial charge on any atom is 0.263 e. The van der Waals surface area contributed by atoms with Crippen LogP contribution in [-0.2, 0) is 20.3 Å². The fourth-order valence-corrected chi connectivity index (χ4v) is 3.63. The summed E-state index contributed by atoms with van der Waals surface area (Å²) in [7, 11) is 1.31. The molecule has 0 spiro atoms. The number of H-pyrrole nitrogens is 1. The Bertz CT molecular complexity index is 1170. The third-order valence-electron chi connectivity index (χ3n) is 3.51. The number of hydrogen-bond donors (Lipinski definition) is 2. The largest absolute Gasteiger partial charge is 0.329 e. The average Bonchev–Trinajstić information content (AvgIpc) is 2.98. The van der Waals surface area contributed by atoms with Gasteiger partial charge in [0.1, 0.15) is 16.5 Å². The molecule has 0 aliphatic heterocycles. The van der Waals surface area contributed by atoms with Crippen molar-refractivity contribution in [2.24, 2.45) is 0 Å². The Labute approximate surface area is 158 Å². The average molecular weight is 409 g/mol. The number of imidazole rings is 1. The number of aromatic nitrogens is 2. The highest BCUT2D eigenvalue weighted by Crippen LogP contribution is 2.28. The van der Waals surface area contributed by atoms with E-state index in [2.05, 4.69) is 15.3 Å². The van der Waals surface area contributed by atoms with E-state index in [0.717, 1.165) is 0 Å². The summed E-state index contributed by atoms with van der Waals surface area (Å²) in [4.78, 5) is 18.5. The number of nitrogens with one attached hydrogen (secondary N) is 2. The Balaban J connectivity index is 1.96. The summed E-state index contributed by atoms with van der Waals surface area (Å²) < 4.78 is 23.6. The van der Waals surface area contributed by atoms with Gasteiger partial charge in [0.05, 0.1) is 11.9 Å². The van der Waals surface area contributed by atoms with E-state index >= 15 is 0 Å². The molecule has 7 nitrogen and oxygen atoms in total. The molecule has 1 amide bonds. The number of rotatable bonds is 4. The number of anilines is 1. The number of nitrogens with zero attached hydrogens (tertiary/aromatic N) is 2. The number of carbonyl (C=O) groups is 1. The molecule has 0 bridgehead atoms. The SMILES string of the molecule is N#Cc1nc2c(S(=O)(=O)Cl)cc(NC(=O)Cc3ccccc3Cl)cc2[nH]1. The van der Waals surface area contributed by atoms with Crippen LogP contribution in [0, 0.1) is 11.3 Å². The van der Waals surface area contributed by atoms with E-state index in [9.17, 15) is 13.2 Å². The Morgan fingerprint density at radius 1 is 1.31 bits per heavy atom. The van der Waals surface area contributed by atoms with E-state index in [1.165, 1.54) is 12.1 Å². The molecule has 0 saturated carbocycles. The first kappa shape index (κ1) is 18.2. The molecule has 10 heteroatoms. The fraction of sp³-hybridized carbons (Fsp3) is 0.0625. The van der Waals surface area contributed by atoms with Gasteiger partial charge in [-0.3, -0.25) is 4.79 Å². The van der Waals surface area contributed by atoms with E-state index in [1.54, 1.807) is 30.3 Å². The van der Waals surface area contributed by atoms with E-state index < -0.39 is 15.0 Å². The second-order valence-corrected chi connectivity index (χ2v) is 8.26. The zero-order chi connectivity index (χ0) is 18.9. The lowest BCUT2D eigenvalue weighted by atomic mass is 10.1. The maximum atomic E-state index is 12.3. The first-order valence-corrected chi connectivity index (χ1v) is 9.88. The van der Waals surface area contributed by atoms with Crippen molar-refractivity contribution >= 4 is 54.0 Å². The second kappa shape index (κ2) is 6.96. The molecule has 0 atom stereocenters. The van der Waals surface area contributed by atoms with Crippen LogP contribution in [0.2, 0.25) is 5.02 Å². The molecule has 26 heavy (non-hydrogen) atoms. The Kier molecular flexibility index (Phi) is 4.87. The molecule has 0 unspecified atom stereocenters.